The molecule has 0 fully saturated rings. The lowest BCUT2D eigenvalue weighted by atomic mass is 10.0. The molecule has 2 aromatic rings. The van der Waals surface area contributed by atoms with Gasteiger partial charge in [-0.15, -0.1) is 0 Å². The summed E-state index contributed by atoms with van der Waals surface area (Å²) in [5.41, 5.74) is 5.96. The summed E-state index contributed by atoms with van der Waals surface area (Å²) in [6.45, 7) is 2.07. The van der Waals surface area contributed by atoms with Crippen LogP contribution in [0, 0.1) is 6.92 Å². The molecule has 0 aliphatic carbocycles. The van der Waals surface area contributed by atoms with Gasteiger partial charge in [0, 0.05) is 6.42 Å². The maximum atomic E-state index is 10.9. The van der Waals surface area contributed by atoms with Crippen LogP contribution in [-0.4, -0.2) is 16.2 Å². The predicted molar refractivity (Wildman–Crippen MR) is 99.9 cm³/mol. The fourth-order valence-corrected chi connectivity index (χ4v) is 2.55. The molecule has 2 aromatic carbocycles. The van der Waals surface area contributed by atoms with Gasteiger partial charge in [-0.2, -0.15) is 0 Å². The fraction of sp³-hybridized carbons (Fsp3) is 0.286. The lowest BCUT2D eigenvalue weighted by Crippen LogP contribution is -2.17. The highest BCUT2D eigenvalue weighted by Gasteiger charge is 2.07. The number of amides is 1. The van der Waals surface area contributed by atoms with Gasteiger partial charge >= 0.3 is 0 Å². The van der Waals surface area contributed by atoms with E-state index in [2.05, 4.69) is 37.3 Å². The van der Waals surface area contributed by atoms with Crippen LogP contribution >= 0.6 is 0 Å². The summed E-state index contributed by atoms with van der Waals surface area (Å²) in [7, 11) is 0. The number of aryl methyl sites for hydroxylation is 1. The predicted octanol–water partition coefficient (Wildman–Crippen LogP) is 4.26. The van der Waals surface area contributed by atoms with Crippen molar-refractivity contribution in [2.24, 2.45) is 0 Å². The van der Waals surface area contributed by atoms with E-state index in [1.165, 1.54) is 5.56 Å². The van der Waals surface area contributed by atoms with Crippen LogP contribution in [0.5, 0.6) is 0 Å². The van der Waals surface area contributed by atoms with E-state index in [1.54, 1.807) is 5.48 Å². The first-order valence-corrected chi connectivity index (χ1v) is 8.54. The quantitative estimate of drug-likeness (QED) is 0.291. The average Bonchev–Trinajstić information content (AvgIpc) is 2.64. The van der Waals surface area contributed by atoms with Crippen molar-refractivity contribution < 1.29 is 15.1 Å². The summed E-state index contributed by atoms with van der Waals surface area (Å²) in [5.74, 6) is -0.390. The van der Waals surface area contributed by atoms with Crippen LogP contribution in [0.1, 0.15) is 54.0 Å². The van der Waals surface area contributed by atoms with Crippen molar-refractivity contribution in [3.05, 3.63) is 70.8 Å². The second-order valence-corrected chi connectivity index (χ2v) is 6.21. The number of unbranched alkanes of at least 4 members (excludes halogenated alkanes) is 1. The lowest BCUT2D eigenvalue weighted by Gasteiger charge is -2.11. The molecular weight excluding hydrogens is 314 g/mol. The zero-order valence-electron chi connectivity index (χ0n) is 14.5. The Balaban J connectivity index is 1.84. The highest BCUT2D eigenvalue weighted by atomic mass is 16.5. The van der Waals surface area contributed by atoms with E-state index < -0.39 is 6.10 Å². The Kier molecular flexibility index (Phi) is 7.38. The monoisotopic (exact) mass is 339 g/mol. The molecule has 0 aliphatic rings. The molecule has 4 heteroatoms. The third-order valence-electron chi connectivity index (χ3n) is 4.12. The van der Waals surface area contributed by atoms with E-state index in [4.69, 9.17) is 5.21 Å². The number of aliphatic hydroxyl groups is 1. The van der Waals surface area contributed by atoms with E-state index in [0.29, 0.717) is 12.8 Å². The largest absolute Gasteiger partial charge is 0.388 e. The van der Waals surface area contributed by atoms with Crippen molar-refractivity contribution in [3.63, 3.8) is 0 Å². The molecule has 25 heavy (non-hydrogen) atoms. The Bertz CT molecular complexity index is 690. The molecule has 3 N–H and O–H groups in total. The molecule has 0 bridgehead atoms. The summed E-state index contributed by atoms with van der Waals surface area (Å²) in [4.78, 5) is 10.9. The zero-order valence-corrected chi connectivity index (χ0v) is 14.5. The molecular formula is C21H25NO3. The Hall–Kier alpha value is -2.43. The molecule has 132 valence electrons. The molecule has 0 radical (unpaired) electrons. The maximum Gasteiger partial charge on any atom is 0.243 e. The van der Waals surface area contributed by atoms with Crippen molar-refractivity contribution in [2.75, 3.05) is 0 Å². The van der Waals surface area contributed by atoms with Crippen LogP contribution in [-0.2, 0) is 4.79 Å². The minimum atomic E-state index is -0.535. The molecule has 2 rings (SSSR count). The number of nitrogens with one attached hydrogen (secondary N) is 1. The summed E-state index contributed by atoms with van der Waals surface area (Å²) in [6, 6.07) is 16.2. The van der Waals surface area contributed by atoms with Gasteiger partial charge in [0.25, 0.3) is 0 Å². The van der Waals surface area contributed by atoms with E-state index in [-0.39, 0.29) is 12.3 Å². The Labute approximate surface area is 148 Å². The summed E-state index contributed by atoms with van der Waals surface area (Å²) in [5, 5.41) is 18.6. The Morgan fingerprint density at radius 3 is 2.12 bits per heavy atom. The van der Waals surface area contributed by atoms with Gasteiger partial charge in [0.2, 0.25) is 5.91 Å². The summed E-state index contributed by atoms with van der Waals surface area (Å²) < 4.78 is 0. The summed E-state index contributed by atoms with van der Waals surface area (Å²) >= 11 is 0. The second-order valence-electron chi connectivity index (χ2n) is 6.21. The van der Waals surface area contributed by atoms with Crippen molar-refractivity contribution in [3.8, 4) is 0 Å². The molecule has 0 aromatic heterocycles. The van der Waals surface area contributed by atoms with E-state index in [1.807, 2.05) is 30.3 Å². The van der Waals surface area contributed by atoms with Crippen molar-refractivity contribution in [1.82, 2.24) is 5.48 Å². The van der Waals surface area contributed by atoms with Crippen LogP contribution in [0.3, 0.4) is 0 Å². The van der Waals surface area contributed by atoms with Crippen LogP contribution in [0.2, 0.25) is 0 Å². The number of hydroxylamine groups is 1. The van der Waals surface area contributed by atoms with Crippen LogP contribution in [0.4, 0.5) is 0 Å². The van der Waals surface area contributed by atoms with Crippen molar-refractivity contribution in [2.45, 2.75) is 38.7 Å². The number of hydrogen-bond donors (Lipinski definition) is 3. The number of hydrogen-bond acceptors (Lipinski definition) is 3. The first-order chi connectivity index (χ1) is 12.1. The normalized spacial score (nSPS) is 12.3. The highest BCUT2D eigenvalue weighted by Crippen LogP contribution is 2.21. The molecule has 0 aliphatic heterocycles. The molecule has 1 amide bonds. The average molecular weight is 339 g/mol. The minimum Gasteiger partial charge on any atom is -0.388 e. The molecule has 0 saturated heterocycles. The van der Waals surface area contributed by atoms with Crippen LogP contribution in [0.25, 0.3) is 12.2 Å². The number of carbonyl (C=O) groups is 1. The van der Waals surface area contributed by atoms with Gasteiger partial charge in [0.1, 0.15) is 0 Å². The SMILES string of the molecule is Cc1ccc(C=Cc2ccc([C@H](O)CCCCC(=O)NO)cc2)cc1. The molecule has 0 heterocycles. The number of benzene rings is 2. The number of rotatable bonds is 8. The van der Waals surface area contributed by atoms with Crippen LogP contribution < -0.4 is 5.48 Å². The molecule has 4 nitrogen and oxygen atoms in total. The van der Waals surface area contributed by atoms with Gasteiger partial charge in [-0.3, -0.25) is 10.0 Å². The van der Waals surface area contributed by atoms with Crippen molar-refractivity contribution >= 4 is 18.1 Å². The van der Waals surface area contributed by atoms with Gasteiger partial charge in [0.05, 0.1) is 6.10 Å². The fourth-order valence-electron chi connectivity index (χ4n) is 2.55. The van der Waals surface area contributed by atoms with Crippen LogP contribution in [0.15, 0.2) is 48.5 Å². The van der Waals surface area contributed by atoms with E-state index in [9.17, 15) is 9.90 Å². The third-order valence-corrected chi connectivity index (χ3v) is 4.12. The van der Waals surface area contributed by atoms with Gasteiger partial charge in [-0.05, 0) is 36.5 Å². The van der Waals surface area contributed by atoms with Crippen molar-refractivity contribution in [1.29, 1.82) is 0 Å². The highest BCUT2D eigenvalue weighted by molar-refractivity contribution is 5.74. The smallest absolute Gasteiger partial charge is 0.243 e. The zero-order chi connectivity index (χ0) is 18.1. The molecule has 0 spiro atoms. The minimum absolute atomic E-state index is 0.270. The van der Waals surface area contributed by atoms with Gasteiger partial charge in [-0.25, -0.2) is 5.48 Å². The molecule has 1 atom stereocenters. The number of aliphatic hydroxyl groups excluding tert-OH is 1. The Morgan fingerprint density at radius 2 is 1.56 bits per heavy atom. The second kappa shape index (κ2) is 9.77. The third kappa shape index (κ3) is 6.53. The van der Waals surface area contributed by atoms with Gasteiger partial charge in [0.15, 0.2) is 0 Å². The van der Waals surface area contributed by atoms with E-state index >= 15 is 0 Å². The first-order valence-electron chi connectivity index (χ1n) is 8.54. The Morgan fingerprint density at radius 1 is 1.00 bits per heavy atom. The maximum absolute atomic E-state index is 10.9. The first kappa shape index (κ1) is 18.9. The van der Waals surface area contributed by atoms with Gasteiger partial charge < -0.3 is 5.11 Å². The summed E-state index contributed by atoms with van der Waals surface area (Å²) in [6.07, 6.45) is 5.81. The lowest BCUT2D eigenvalue weighted by molar-refractivity contribution is -0.129. The van der Waals surface area contributed by atoms with E-state index in [0.717, 1.165) is 23.1 Å². The number of carbonyl (C=O) groups excluding carboxylic acids is 1. The molecule has 0 saturated carbocycles. The standard InChI is InChI=1S/C21H25NO3/c1-16-6-8-17(9-7-16)10-11-18-12-14-19(15-13-18)20(23)4-2-3-5-21(24)22-25/h6-15,20,23,25H,2-5H2,1H3,(H,22,24)/t20-/m1/s1. The topological polar surface area (TPSA) is 69.6 Å². The molecule has 0 unspecified atom stereocenters. The van der Waals surface area contributed by atoms with Gasteiger partial charge in [-0.1, -0.05) is 72.7 Å².